The Morgan fingerprint density at radius 3 is 1.68 bits per heavy atom. The number of carboxylic acid groups (broad SMARTS) is 1. The number of aliphatic carboxylic acids is 1. The molecule has 4 heteroatoms. The Hall–Kier alpha value is -2.75. The van der Waals surface area contributed by atoms with Gasteiger partial charge in [0.1, 0.15) is 5.75 Å². The average Bonchev–Trinajstić information content (AvgIpc) is 2.41. The van der Waals surface area contributed by atoms with Crippen molar-refractivity contribution in [2.75, 3.05) is 0 Å². The SMILES string of the molecule is O=C(O)C(O)=Cc1ccccc1.Oc1ccccc1. The third-order valence-corrected chi connectivity index (χ3v) is 2.08. The molecule has 0 amide bonds. The molecule has 0 radical (unpaired) electrons. The van der Waals surface area contributed by atoms with Crippen molar-refractivity contribution in [2.24, 2.45) is 0 Å². The van der Waals surface area contributed by atoms with Gasteiger partial charge in [0.15, 0.2) is 0 Å². The number of para-hydroxylation sites is 1. The molecule has 0 heterocycles. The van der Waals surface area contributed by atoms with E-state index in [1.807, 2.05) is 12.1 Å². The van der Waals surface area contributed by atoms with Crippen molar-refractivity contribution in [3.63, 3.8) is 0 Å². The van der Waals surface area contributed by atoms with E-state index in [4.69, 9.17) is 15.3 Å². The Labute approximate surface area is 110 Å². The lowest BCUT2D eigenvalue weighted by Gasteiger charge is -1.92. The van der Waals surface area contributed by atoms with Crippen LogP contribution in [0.1, 0.15) is 5.56 Å². The number of rotatable bonds is 2. The Morgan fingerprint density at radius 1 is 0.842 bits per heavy atom. The van der Waals surface area contributed by atoms with Gasteiger partial charge in [-0.25, -0.2) is 4.79 Å². The molecule has 2 rings (SSSR count). The summed E-state index contributed by atoms with van der Waals surface area (Å²) >= 11 is 0. The minimum Gasteiger partial charge on any atom is -0.508 e. The van der Waals surface area contributed by atoms with E-state index < -0.39 is 11.7 Å². The molecule has 0 unspecified atom stereocenters. The van der Waals surface area contributed by atoms with Crippen molar-refractivity contribution in [2.45, 2.75) is 0 Å². The van der Waals surface area contributed by atoms with Gasteiger partial charge in [0.05, 0.1) is 0 Å². The maximum absolute atomic E-state index is 10.2. The molecule has 0 fully saturated rings. The average molecular weight is 258 g/mol. The molecule has 2 aromatic carbocycles. The Balaban J connectivity index is 0.000000218. The van der Waals surface area contributed by atoms with Gasteiger partial charge in [0.2, 0.25) is 5.76 Å². The maximum atomic E-state index is 10.2. The predicted molar refractivity (Wildman–Crippen MR) is 72.8 cm³/mol. The highest BCUT2D eigenvalue weighted by Crippen LogP contribution is 2.04. The number of carboxylic acids is 1. The highest BCUT2D eigenvalue weighted by Gasteiger charge is 2.01. The van der Waals surface area contributed by atoms with Gasteiger partial charge >= 0.3 is 5.97 Å². The van der Waals surface area contributed by atoms with Crippen LogP contribution in [0, 0.1) is 0 Å². The number of aliphatic hydroxyl groups excluding tert-OH is 1. The van der Waals surface area contributed by atoms with Gasteiger partial charge in [0.25, 0.3) is 0 Å². The molecule has 2 aromatic rings. The lowest BCUT2D eigenvalue weighted by molar-refractivity contribution is -0.135. The molecule has 0 bridgehead atoms. The molecule has 98 valence electrons. The molecular formula is C15H14O4. The summed E-state index contributed by atoms with van der Waals surface area (Å²) in [6.45, 7) is 0. The zero-order valence-electron chi connectivity index (χ0n) is 10.1. The first-order valence-corrected chi connectivity index (χ1v) is 5.52. The molecule has 0 saturated carbocycles. The number of benzene rings is 2. The van der Waals surface area contributed by atoms with Crippen LogP contribution in [0.15, 0.2) is 66.4 Å². The monoisotopic (exact) mass is 258 g/mol. The number of hydrogen-bond donors (Lipinski definition) is 3. The van der Waals surface area contributed by atoms with E-state index in [1.54, 1.807) is 48.5 Å². The zero-order valence-corrected chi connectivity index (χ0v) is 10.1. The van der Waals surface area contributed by atoms with Gasteiger partial charge in [-0.15, -0.1) is 0 Å². The fourth-order valence-electron chi connectivity index (χ4n) is 1.20. The number of hydrogen-bond acceptors (Lipinski definition) is 3. The van der Waals surface area contributed by atoms with E-state index in [1.165, 1.54) is 6.08 Å². The van der Waals surface area contributed by atoms with E-state index >= 15 is 0 Å². The minimum atomic E-state index is -1.32. The minimum absolute atomic E-state index is 0.322. The van der Waals surface area contributed by atoms with Gasteiger partial charge in [-0.05, 0) is 23.8 Å². The molecule has 0 saturated heterocycles. The number of aromatic hydroxyl groups is 1. The van der Waals surface area contributed by atoms with E-state index in [2.05, 4.69) is 0 Å². The number of phenols is 1. The topological polar surface area (TPSA) is 77.8 Å². The molecule has 0 spiro atoms. The van der Waals surface area contributed by atoms with Gasteiger partial charge < -0.3 is 15.3 Å². The van der Waals surface area contributed by atoms with E-state index in [0.717, 1.165) is 0 Å². The molecule has 0 atom stereocenters. The molecule has 19 heavy (non-hydrogen) atoms. The van der Waals surface area contributed by atoms with Gasteiger partial charge in [-0.1, -0.05) is 48.5 Å². The second-order valence-electron chi connectivity index (χ2n) is 3.58. The summed E-state index contributed by atoms with van der Waals surface area (Å²) in [5, 5.41) is 25.8. The lowest BCUT2D eigenvalue weighted by Crippen LogP contribution is -1.98. The van der Waals surface area contributed by atoms with Gasteiger partial charge in [0, 0.05) is 0 Å². The van der Waals surface area contributed by atoms with E-state index in [9.17, 15) is 4.79 Å². The standard InChI is InChI=1S/C9H8O3.C6H6O/c10-8(9(11)12)6-7-4-2-1-3-5-7;7-6-4-2-1-3-5-6/h1-6,10H,(H,11,12);1-5,7H. The van der Waals surface area contributed by atoms with Crippen LogP contribution in [0.2, 0.25) is 0 Å². The van der Waals surface area contributed by atoms with E-state index in [0.29, 0.717) is 11.3 Å². The van der Waals surface area contributed by atoms with Crippen LogP contribution in [0.4, 0.5) is 0 Å². The largest absolute Gasteiger partial charge is 0.508 e. The first-order chi connectivity index (χ1) is 9.09. The Bertz CT molecular complexity index is 533. The highest BCUT2D eigenvalue weighted by atomic mass is 16.4. The normalized spacial score (nSPS) is 10.2. The predicted octanol–water partition coefficient (Wildman–Crippen LogP) is 3.06. The first-order valence-electron chi connectivity index (χ1n) is 5.52. The molecule has 0 aliphatic heterocycles. The summed E-state index contributed by atoms with van der Waals surface area (Å²) in [6.07, 6.45) is 1.20. The molecule has 0 aliphatic rings. The molecule has 0 aromatic heterocycles. The zero-order chi connectivity index (χ0) is 14.1. The quantitative estimate of drug-likeness (QED) is 0.571. The Kier molecular flexibility index (Phi) is 5.69. The summed E-state index contributed by atoms with van der Waals surface area (Å²) in [6, 6.07) is 17.5. The third kappa shape index (κ3) is 5.93. The van der Waals surface area contributed by atoms with Crippen molar-refractivity contribution in [3.8, 4) is 5.75 Å². The van der Waals surface area contributed by atoms with Crippen molar-refractivity contribution in [3.05, 3.63) is 72.0 Å². The van der Waals surface area contributed by atoms with Crippen molar-refractivity contribution >= 4 is 12.0 Å². The van der Waals surface area contributed by atoms with Crippen LogP contribution in [-0.4, -0.2) is 21.3 Å². The fraction of sp³-hybridized carbons (Fsp3) is 0. The molecule has 3 N–H and O–H groups in total. The van der Waals surface area contributed by atoms with Crippen LogP contribution >= 0.6 is 0 Å². The van der Waals surface area contributed by atoms with Crippen LogP contribution in [0.5, 0.6) is 5.75 Å². The van der Waals surface area contributed by atoms with Crippen LogP contribution in [-0.2, 0) is 4.79 Å². The number of aliphatic hydroxyl groups is 1. The van der Waals surface area contributed by atoms with E-state index in [-0.39, 0.29) is 0 Å². The first kappa shape index (κ1) is 14.3. The molecule has 0 aliphatic carbocycles. The van der Waals surface area contributed by atoms with Crippen LogP contribution in [0.25, 0.3) is 6.08 Å². The molecule has 4 nitrogen and oxygen atoms in total. The van der Waals surface area contributed by atoms with Gasteiger partial charge in [-0.3, -0.25) is 0 Å². The van der Waals surface area contributed by atoms with Crippen molar-refractivity contribution < 1.29 is 20.1 Å². The second-order valence-corrected chi connectivity index (χ2v) is 3.58. The van der Waals surface area contributed by atoms with Crippen LogP contribution in [0.3, 0.4) is 0 Å². The summed E-state index contributed by atoms with van der Waals surface area (Å²) in [5.74, 6) is -1.65. The maximum Gasteiger partial charge on any atom is 0.370 e. The van der Waals surface area contributed by atoms with Gasteiger partial charge in [-0.2, -0.15) is 0 Å². The number of phenolic OH excluding ortho intramolecular Hbond substituents is 1. The lowest BCUT2D eigenvalue weighted by atomic mass is 10.2. The van der Waals surface area contributed by atoms with Crippen molar-refractivity contribution in [1.82, 2.24) is 0 Å². The summed E-state index contributed by atoms with van der Waals surface area (Å²) in [4.78, 5) is 10.2. The van der Waals surface area contributed by atoms with Crippen LogP contribution < -0.4 is 0 Å². The smallest absolute Gasteiger partial charge is 0.370 e. The second kappa shape index (κ2) is 7.55. The molecular weight excluding hydrogens is 244 g/mol. The highest BCUT2D eigenvalue weighted by molar-refractivity contribution is 5.89. The summed E-state index contributed by atoms with van der Waals surface area (Å²) in [5.41, 5.74) is 0.664. The summed E-state index contributed by atoms with van der Waals surface area (Å²) < 4.78 is 0. The Morgan fingerprint density at radius 2 is 1.32 bits per heavy atom. The van der Waals surface area contributed by atoms with Crippen molar-refractivity contribution in [1.29, 1.82) is 0 Å². The number of carbonyl (C=O) groups is 1. The third-order valence-electron chi connectivity index (χ3n) is 2.08. The fourth-order valence-corrected chi connectivity index (χ4v) is 1.20. The summed E-state index contributed by atoms with van der Waals surface area (Å²) in [7, 11) is 0.